The number of nitrogens with one attached hydrogen (secondary N) is 1. The summed E-state index contributed by atoms with van der Waals surface area (Å²) in [7, 11) is -3.46. The third-order valence-electron chi connectivity index (χ3n) is 3.02. The monoisotopic (exact) mass is 299 g/mol. The molecule has 1 rings (SSSR count). The Morgan fingerprint density at radius 3 is 2.35 bits per heavy atom. The van der Waals surface area contributed by atoms with Crippen LogP contribution < -0.4 is 10.5 Å². The number of rotatable bonds is 8. The fourth-order valence-electron chi connectivity index (χ4n) is 2.05. The highest BCUT2D eigenvalue weighted by atomic mass is 32.2. The number of nitrogens with zero attached hydrogens (tertiary/aromatic N) is 1. The minimum absolute atomic E-state index is 0.306. The van der Waals surface area contributed by atoms with Crippen molar-refractivity contribution in [2.24, 2.45) is 0 Å². The van der Waals surface area contributed by atoms with E-state index in [1.165, 1.54) is 4.31 Å². The molecular formula is C14H25N3O2S. The Kier molecular flexibility index (Phi) is 6.45. The van der Waals surface area contributed by atoms with E-state index in [2.05, 4.69) is 4.72 Å². The first kappa shape index (κ1) is 16.9. The Labute approximate surface area is 122 Å². The quantitative estimate of drug-likeness (QED) is 0.723. The highest BCUT2D eigenvalue weighted by Gasteiger charge is 2.22. The van der Waals surface area contributed by atoms with Crippen LogP contribution in [0.4, 0.5) is 5.69 Å². The van der Waals surface area contributed by atoms with Crippen LogP contribution in [0.3, 0.4) is 0 Å². The minimum Gasteiger partial charge on any atom is -0.399 e. The molecule has 0 fully saturated rings. The second-order valence-corrected chi connectivity index (χ2v) is 6.62. The largest absolute Gasteiger partial charge is 0.399 e. The number of benzene rings is 1. The van der Waals surface area contributed by atoms with Gasteiger partial charge in [0.1, 0.15) is 0 Å². The van der Waals surface area contributed by atoms with Crippen LogP contribution in [0, 0.1) is 0 Å². The van der Waals surface area contributed by atoms with Gasteiger partial charge in [-0.05, 0) is 37.5 Å². The maximum Gasteiger partial charge on any atom is 0.279 e. The first-order valence-electron chi connectivity index (χ1n) is 7.03. The molecule has 0 aliphatic carbocycles. The zero-order chi connectivity index (χ0) is 15.2. The molecule has 1 aromatic rings. The highest BCUT2D eigenvalue weighted by molar-refractivity contribution is 7.87. The van der Waals surface area contributed by atoms with Crippen molar-refractivity contribution in [3.05, 3.63) is 29.8 Å². The molecular weight excluding hydrogens is 274 g/mol. The molecule has 0 amide bonds. The van der Waals surface area contributed by atoms with Gasteiger partial charge in [-0.3, -0.25) is 0 Å². The van der Waals surface area contributed by atoms with E-state index in [-0.39, 0.29) is 6.04 Å². The van der Waals surface area contributed by atoms with Gasteiger partial charge in [0.25, 0.3) is 10.2 Å². The molecule has 114 valence electrons. The van der Waals surface area contributed by atoms with Crippen LogP contribution >= 0.6 is 0 Å². The van der Waals surface area contributed by atoms with Crippen molar-refractivity contribution in [1.82, 2.24) is 9.03 Å². The van der Waals surface area contributed by atoms with Crippen LogP contribution in [0.1, 0.15) is 45.2 Å². The molecule has 1 atom stereocenters. The van der Waals surface area contributed by atoms with E-state index in [0.29, 0.717) is 18.8 Å². The molecule has 0 heterocycles. The molecule has 3 N–H and O–H groups in total. The number of anilines is 1. The molecule has 0 aromatic heterocycles. The average Bonchev–Trinajstić information content (AvgIpc) is 2.38. The fourth-order valence-corrected chi connectivity index (χ4v) is 3.62. The SMILES string of the molecule is CCCN(CCC)S(=O)(=O)NC(C)c1cccc(N)c1. The third-order valence-corrected chi connectivity index (χ3v) is 4.72. The van der Waals surface area contributed by atoms with E-state index in [0.717, 1.165) is 18.4 Å². The van der Waals surface area contributed by atoms with Gasteiger partial charge in [-0.2, -0.15) is 17.4 Å². The smallest absolute Gasteiger partial charge is 0.279 e. The zero-order valence-corrected chi connectivity index (χ0v) is 13.3. The lowest BCUT2D eigenvalue weighted by Gasteiger charge is -2.24. The summed E-state index contributed by atoms with van der Waals surface area (Å²) in [6, 6.07) is 6.96. The molecule has 0 saturated heterocycles. The molecule has 6 heteroatoms. The van der Waals surface area contributed by atoms with Gasteiger partial charge in [0, 0.05) is 24.8 Å². The van der Waals surface area contributed by atoms with Gasteiger partial charge in [0.15, 0.2) is 0 Å². The summed E-state index contributed by atoms with van der Waals surface area (Å²) in [6.07, 6.45) is 1.60. The second-order valence-electron chi connectivity index (χ2n) is 4.91. The Bertz CT molecular complexity index is 511. The standard InChI is InChI=1S/C14H25N3O2S/c1-4-9-17(10-5-2)20(18,19)16-12(3)13-7-6-8-14(15)11-13/h6-8,11-12,16H,4-5,9-10,15H2,1-3H3. The number of nitrogens with two attached hydrogens (primary N) is 1. The summed E-state index contributed by atoms with van der Waals surface area (Å²) in [6.45, 7) is 6.83. The van der Waals surface area contributed by atoms with Crippen molar-refractivity contribution in [1.29, 1.82) is 0 Å². The van der Waals surface area contributed by atoms with E-state index >= 15 is 0 Å². The fraction of sp³-hybridized carbons (Fsp3) is 0.571. The predicted molar refractivity (Wildman–Crippen MR) is 83.5 cm³/mol. The van der Waals surface area contributed by atoms with Crippen LogP contribution in [0.15, 0.2) is 24.3 Å². The number of nitrogen functional groups attached to an aromatic ring is 1. The van der Waals surface area contributed by atoms with E-state index in [9.17, 15) is 8.42 Å². The lowest BCUT2D eigenvalue weighted by atomic mass is 10.1. The van der Waals surface area contributed by atoms with Crippen molar-refractivity contribution < 1.29 is 8.42 Å². The Hall–Kier alpha value is -1.11. The maximum absolute atomic E-state index is 12.4. The zero-order valence-electron chi connectivity index (χ0n) is 12.5. The molecule has 1 unspecified atom stereocenters. The van der Waals surface area contributed by atoms with Gasteiger partial charge in [0.2, 0.25) is 0 Å². The van der Waals surface area contributed by atoms with Crippen LogP contribution in [0.5, 0.6) is 0 Å². The summed E-state index contributed by atoms with van der Waals surface area (Å²) in [5.41, 5.74) is 7.22. The summed E-state index contributed by atoms with van der Waals surface area (Å²) in [5.74, 6) is 0. The number of hydrogen-bond donors (Lipinski definition) is 2. The molecule has 5 nitrogen and oxygen atoms in total. The normalized spacial score (nSPS) is 13.6. The van der Waals surface area contributed by atoms with E-state index in [4.69, 9.17) is 5.73 Å². The molecule has 20 heavy (non-hydrogen) atoms. The molecule has 0 aliphatic rings. The van der Waals surface area contributed by atoms with Crippen LogP contribution in [0.2, 0.25) is 0 Å². The predicted octanol–water partition coefficient (Wildman–Crippen LogP) is 2.29. The van der Waals surface area contributed by atoms with E-state index < -0.39 is 10.2 Å². The third kappa shape index (κ3) is 4.77. The maximum atomic E-state index is 12.4. The van der Waals surface area contributed by atoms with Crippen LogP contribution in [-0.2, 0) is 10.2 Å². The van der Waals surface area contributed by atoms with Gasteiger partial charge in [-0.15, -0.1) is 0 Å². The van der Waals surface area contributed by atoms with Crippen molar-refractivity contribution >= 4 is 15.9 Å². The first-order chi connectivity index (χ1) is 9.40. The molecule has 0 saturated carbocycles. The second kappa shape index (κ2) is 7.61. The molecule has 1 aromatic carbocycles. The Morgan fingerprint density at radius 1 is 1.25 bits per heavy atom. The summed E-state index contributed by atoms with van der Waals surface area (Å²) in [5, 5.41) is 0. The Balaban J connectivity index is 2.83. The van der Waals surface area contributed by atoms with E-state index in [1.807, 2.05) is 32.9 Å². The van der Waals surface area contributed by atoms with Gasteiger partial charge >= 0.3 is 0 Å². The van der Waals surface area contributed by atoms with Gasteiger partial charge in [0.05, 0.1) is 0 Å². The van der Waals surface area contributed by atoms with Gasteiger partial charge in [-0.25, -0.2) is 0 Å². The van der Waals surface area contributed by atoms with Crippen molar-refractivity contribution in [2.45, 2.75) is 39.7 Å². The Morgan fingerprint density at radius 2 is 1.85 bits per heavy atom. The van der Waals surface area contributed by atoms with Crippen molar-refractivity contribution in [2.75, 3.05) is 18.8 Å². The molecule has 0 radical (unpaired) electrons. The van der Waals surface area contributed by atoms with Crippen LogP contribution in [-0.4, -0.2) is 25.8 Å². The number of hydrogen-bond acceptors (Lipinski definition) is 3. The van der Waals surface area contributed by atoms with Gasteiger partial charge < -0.3 is 5.73 Å². The van der Waals surface area contributed by atoms with E-state index in [1.54, 1.807) is 12.1 Å². The van der Waals surface area contributed by atoms with Crippen molar-refractivity contribution in [3.63, 3.8) is 0 Å². The van der Waals surface area contributed by atoms with Crippen LogP contribution in [0.25, 0.3) is 0 Å². The lowest BCUT2D eigenvalue weighted by Crippen LogP contribution is -2.42. The molecule has 0 bridgehead atoms. The van der Waals surface area contributed by atoms with Crippen molar-refractivity contribution in [3.8, 4) is 0 Å². The molecule has 0 aliphatic heterocycles. The highest BCUT2D eigenvalue weighted by Crippen LogP contribution is 2.17. The summed E-state index contributed by atoms with van der Waals surface area (Å²) in [4.78, 5) is 0. The first-order valence-corrected chi connectivity index (χ1v) is 8.47. The topological polar surface area (TPSA) is 75.4 Å². The summed E-state index contributed by atoms with van der Waals surface area (Å²) < 4.78 is 28.9. The lowest BCUT2D eigenvalue weighted by molar-refractivity contribution is 0.397. The summed E-state index contributed by atoms with van der Waals surface area (Å²) >= 11 is 0. The average molecular weight is 299 g/mol. The molecule has 0 spiro atoms. The van der Waals surface area contributed by atoms with Gasteiger partial charge in [-0.1, -0.05) is 26.0 Å². The minimum atomic E-state index is -3.46.